The summed E-state index contributed by atoms with van der Waals surface area (Å²) in [5.41, 5.74) is 2.19. The van der Waals surface area contributed by atoms with Crippen molar-refractivity contribution in [2.75, 3.05) is 43.4 Å². The number of hydrogen-bond donors (Lipinski definition) is 2. The van der Waals surface area contributed by atoms with E-state index < -0.39 is 17.5 Å². The van der Waals surface area contributed by atoms with Crippen LogP contribution in [0.25, 0.3) is 16.6 Å². The van der Waals surface area contributed by atoms with Crippen molar-refractivity contribution in [2.24, 2.45) is 0 Å². The summed E-state index contributed by atoms with van der Waals surface area (Å²) >= 11 is 0. The summed E-state index contributed by atoms with van der Waals surface area (Å²) in [6, 6.07) is 12.0. The Morgan fingerprint density at radius 2 is 1.71 bits per heavy atom. The normalized spacial score (nSPS) is 14.4. The number of fused-ring (bicyclic) bond motifs is 1. The number of anilines is 2. The van der Waals surface area contributed by atoms with Crippen molar-refractivity contribution in [2.45, 2.75) is 26.4 Å². The van der Waals surface area contributed by atoms with E-state index in [0.29, 0.717) is 28.7 Å². The van der Waals surface area contributed by atoms with Gasteiger partial charge in [0.1, 0.15) is 5.69 Å². The van der Waals surface area contributed by atoms with Crippen molar-refractivity contribution in [1.29, 1.82) is 0 Å². The molecule has 2 N–H and O–H groups in total. The Morgan fingerprint density at radius 3 is 2.37 bits per heavy atom. The van der Waals surface area contributed by atoms with Crippen LogP contribution in [0.2, 0.25) is 0 Å². The van der Waals surface area contributed by atoms with E-state index in [4.69, 9.17) is 0 Å². The first-order chi connectivity index (χ1) is 18.3. The van der Waals surface area contributed by atoms with Crippen molar-refractivity contribution < 1.29 is 13.6 Å². The molecule has 4 aromatic rings. The van der Waals surface area contributed by atoms with Crippen LogP contribution in [0.5, 0.6) is 0 Å². The molecule has 1 saturated heterocycles. The van der Waals surface area contributed by atoms with Gasteiger partial charge in [-0.2, -0.15) is 5.10 Å². The Morgan fingerprint density at radius 1 is 1.03 bits per heavy atom. The molecular formula is C28H31F2N7O. The maximum Gasteiger partial charge on any atom is 0.276 e. The van der Waals surface area contributed by atoms with Gasteiger partial charge in [0.05, 0.1) is 11.7 Å². The number of nitrogens with zero attached hydrogens (tertiary/aromatic N) is 5. The summed E-state index contributed by atoms with van der Waals surface area (Å²) in [6.45, 7) is 8.14. The molecule has 2 aromatic carbocycles. The number of likely N-dealkylation sites (N-methyl/N-ethyl adjacent to an activating group) is 1. The minimum absolute atomic E-state index is 0.0508. The molecule has 0 bridgehead atoms. The number of hydrogen-bond acceptors (Lipinski definition) is 6. The second-order valence-electron chi connectivity index (χ2n) is 9.89. The SMILES string of the molecule is CC(C)NCc1cc(F)c(-n2nc(C(=O)Nc3ccc(N4CCN(C)CC4)cc3)c3ccncc32)c(F)c1. The van der Waals surface area contributed by atoms with E-state index in [0.717, 1.165) is 36.5 Å². The second-order valence-corrected chi connectivity index (χ2v) is 9.89. The maximum absolute atomic E-state index is 15.2. The number of halogens is 2. The topological polar surface area (TPSA) is 78.3 Å². The highest BCUT2D eigenvalue weighted by atomic mass is 19.1. The van der Waals surface area contributed by atoms with Gasteiger partial charge in [-0.1, -0.05) is 13.8 Å². The lowest BCUT2D eigenvalue weighted by Gasteiger charge is -2.34. The number of rotatable bonds is 7. The highest BCUT2D eigenvalue weighted by Crippen LogP contribution is 2.27. The van der Waals surface area contributed by atoms with E-state index in [1.165, 1.54) is 24.5 Å². The third-order valence-electron chi connectivity index (χ3n) is 6.69. The smallest absolute Gasteiger partial charge is 0.276 e. The first-order valence-electron chi connectivity index (χ1n) is 12.7. The van der Waals surface area contributed by atoms with Crippen LogP contribution in [0.1, 0.15) is 29.9 Å². The minimum atomic E-state index is -0.773. The van der Waals surface area contributed by atoms with Crippen molar-refractivity contribution in [3.05, 3.63) is 77.8 Å². The monoisotopic (exact) mass is 519 g/mol. The summed E-state index contributed by atoms with van der Waals surface area (Å²) in [6.07, 6.45) is 2.96. The standard InChI is InChI=1S/C28H31F2N7O/c1-18(2)32-16-19-14-23(29)27(24(30)15-19)37-25-17-31-9-8-22(25)26(34-37)28(38)33-20-4-6-21(7-5-20)36-12-10-35(3)11-13-36/h4-9,14-15,17-18,32H,10-13,16H2,1-3H3,(H,33,38). The summed E-state index contributed by atoms with van der Waals surface area (Å²) in [4.78, 5) is 21.9. The molecular weight excluding hydrogens is 488 g/mol. The first-order valence-corrected chi connectivity index (χ1v) is 12.7. The molecule has 0 unspecified atom stereocenters. The number of nitrogens with one attached hydrogen (secondary N) is 2. The number of piperazine rings is 1. The lowest BCUT2D eigenvalue weighted by molar-refractivity contribution is 0.102. The fraction of sp³-hybridized carbons (Fsp3) is 0.321. The van der Waals surface area contributed by atoms with Crippen LogP contribution in [0.15, 0.2) is 54.9 Å². The number of carbonyl (C=O) groups excluding carboxylic acids is 1. The fourth-order valence-corrected chi connectivity index (χ4v) is 4.56. The Labute approximate surface area is 220 Å². The van der Waals surface area contributed by atoms with Gasteiger partial charge in [-0.15, -0.1) is 0 Å². The Bertz CT molecular complexity index is 1420. The zero-order valence-electron chi connectivity index (χ0n) is 21.7. The van der Waals surface area contributed by atoms with Crippen LogP contribution >= 0.6 is 0 Å². The number of carbonyl (C=O) groups is 1. The molecule has 0 saturated carbocycles. The van der Waals surface area contributed by atoms with Gasteiger partial charge in [-0.05, 0) is 55.1 Å². The molecule has 1 fully saturated rings. The Balaban J connectivity index is 1.41. The van der Waals surface area contributed by atoms with Gasteiger partial charge in [-0.3, -0.25) is 9.78 Å². The molecule has 10 heteroatoms. The van der Waals surface area contributed by atoms with Gasteiger partial charge in [0.15, 0.2) is 17.3 Å². The van der Waals surface area contributed by atoms with Gasteiger partial charge in [0.2, 0.25) is 0 Å². The van der Waals surface area contributed by atoms with Crippen LogP contribution in [-0.4, -0.2) is 64.8 Å². The third kappa shape index (κ3) is 5.36. The number of amides is 1. The molecule has 0 atom stereocenters. The second kappa shape index (κ2) is 10.8. The number of benzene rings is 2. The third-order valence-corrected chi connectivity index (χ3v) is 6.69. The van der Waals surface area contributed by atoms with Gasteiger partial charge >= 0.3 is 0 Å². The number of aromatic nitrogens is 3. The highest BCUT2D eigenvalue weighted by Gasteiger charge is 2.23. The average molecular weight is 520 g/mol. The molecule has 8 nitrogen and oxygen atoms in total. The average Bonchev–Trinajstić information content (AvgIpc) is 3.28. The van der Waals surface area contributed by atoms with Gasteiger partial charge in [0, 0.05) is 61.7 Å². The molecule has 38 heavy (non-hydrogen) atoms. The van der Waals surface area contributed by atoms with E-state index in [1.807, 2.05) is 38.1 Å². The molecule has 0 spiro atoms. The molecule has 198 valence electrons. The molecule has 3 heterocycles. The predicted molar refractivity (Wildman–Crippen MR) is 145 cm³/mol. The van der Waals surface area contributed by atoms with Crippen LogP contribution in [0.3, 0.4) is 0 Å². The largest absolute Gasteiger partial charge is 0.369 e. The minimum Gasteiger partial charge on any atom is -0.369 e. The van der Waals surface area contributed by atoms with E-state index in [2.05, 4.69) is 37.6 Å². The zero-order chi connectivity index (χ0) is 26.8. The fourth-order valence-electron chi connectivity index (χ4n) is 4.56. The van der Waals surface area contributed by atoms with E-state index in [9.17, 15) is 4.79 Å². The van der Waals surface area contributed by atoms with Gasteiger partial charge in [-0.25, -0.2) is 13.5 Å². The number of pyridine rings is 1. The summed E-state index contributed by atoms with van der Waals surface area (Å²) in [5, 5.41) is 10.8. The van der Waals surface area contributed by atoms with Crippen LogP contribution in [0.4, 0.5) is 20.2 Å². The zero-order valence-corrected chi connectivity index (χ0v) is 21.7. The molecule has 1 amide bonds. The van der Waals surface area contributed by atoms with Gasteiger partial charge in [0.25, 0.3) is 5.91 Å². The summed E-state index contributed by atoms with van der Waals surface area (Å²) in [7, 11) is 2.11. The van der Waals surface area contributed by atoms with E-state index in [1.54, 1.807) is 6.07 Å². The maximum atomic E-state index is 15.2. The van der Waals surface area contributed by atoms with Crippen molar-refractivity contribution in [3.63, 3.8) is 0 Å². The van der Waals surface area contributed by atoms with Gasteiger partial charge < -0.3 is 20.4 Å². The van der Waals surface area contributed by atoms with E-state index in [-0.39, 0.29) is 17.4 Å². The lowest BCUT2D eigenvalue weighted by atomic mass is 10.1. The van der Waals surface area contributed by atoms with E-state index >= 15 is 8.78 Å². The molecule has 1 aliphatic rings. The van der Waals surface area contributed by atoms with Crippen molar-refractivity contribution >= 4 is 28.2 Å². The lowest BCUT2D eigenvalue weighted by Crippen LogP contribution is -2.44. The quantitative estimate of drug-likeness (QED) is 0.381. The van der Waals surface area contributed by atoms with Crippen LogP contribution in [-0.2, 0) is 6.54 Å². The van der Waals surface area contributed by atoms with Crippen LogP contribution < -0.4 is 15.5 Å². The van der Waals surface area contributed by atoms with Crippen LogP contribution in [0, 0.1) is 11.6 Å². The Hall–Kier alpha value is -3.89. The highest BCUT2D eigenvalue weighted by molar-refractivity contribution is 6.11. The first kappa shape index (κ1) is 25.7. The molecule has 1 aliphatic heterocycles. The summed E-state index contributed by atoms with van der Waals surface area (Å²) < 4.78 is 31.4. The molecule has 5 rings (SSSR count). The molecule has 0 radical (unpaired) electrons. The molecule has 0 aliphatic carbocycles. The van der Waals surface area contributed by atoms with Crippen molar-refractivity contribution in [3.8, 4) is 5.69 Å². The predicted octanol–water partition coefficient (Wildman–Crippen LogP) is 4.20. The summed E-state index contributed by atoms with van der Waals surface area (Å²) in [5.74, 6) is -2.03. The molecule has 2 aromatic heterocycles. The van der Waals surface area contributed by atoms with Crippen molar-refractivity contribution in [1.82, 2.24) is 25.0 Å². The Kier molecular flexibility index (Phi) is 7.35.